The van der Waals surface area contributed by atoms with Gasteiger partial charge in [0.2, 0.25) is 15.9 Å². The second-order valence-electron chi connectivity index (χ2n) is 7.93. The summed E-state index contributed by atoms with van der Waals surface area (Å²) in [7, 11) is -3.57. The molecule has 2 aromatic carbocycles. The average molecular weight is 471 g/mol. The van der Waals surface area contributed by atoms with Crippen molar-refractivity contribution in [3.63, 3.8) is 0 Å². The van der Waals surface area contributed by atoms with E-state index in [4.69, 9.17) is 9.15 Å². The lowest BCUT2D eigenvalue weighted by Crippen LogP contribution is -2.37. The molecule has 1 saturated heterocycles. The largest absolute Gasteiger partial charge is 0.494 e. The molecule has 1 amide bonds. The Morgan fingerprint density at radius 1 is 1.09 bits per heavy atom. The number of ether oxygens (including phenoxy) is 1. The molecule has 4 rings (SSSR count). The molecule has 0 atom stereocenters. The number of nitrogens with one attached hydrogen (secondary N) is 1. The maximum absolute atomic E-state index is 12.8. The summed E-state index contributed by atoms with van der Waals surface area (Å²) in [6.07, 6.45) is 1.70. The van der Waals surface area contributed by atoms with Gasteiger partial charge >= 0.3 is 6.01 Å². The molecule has 0 saturated carbocycles. The minimum Gasteiger partial charge on any atom is -0.494 e. The number of carbonyl (C=O) groups excluding carboxylic acids is 1. The Bertz CT molecular complexity index is 1200. The third-order valence-corrected chi connectivity index (χ3v) is 7.47. The van der Waals surface area contributed by atoms with Gasteiger partial charge in [0.1, 0.15) is 5.75 Å². The van der Waals surface area contributed by atoms with E-state index in [0.29, 0.717) is 31.2 Å². The summed E-state index contributed by atoms with van der Waals surface area (Å²) in [6, 6.07) is 12.9. The minimum absolute atomic E-state index is 0.0528. The first kappa shape index (κ1) is 22.9. The molecule has 174 valence electrons. The fraction of sp³-hybridized carbons (Fsp3) is 0.348. The van der Waals surface area contributed by atoms with Crippen LogP contribution in [0.3, 0.4) is 0 Å². The van der Waals surface area contributed by atoms with E-state index >= 15 is 0 Å². The quantitative estimate of drug-likeness (QED) is 0.558. The molecule has 1 aromatic heterocycles. The van der Waals surface area contributed by atoms with Gasteiger partial charge in [-0.2, -0.15) is 4.31 Å². The number of sulfonamides is 1. The van der Waals surface area contributed by atoms with E-state index in [1.165, 1.54) is 28.6 Å². The molecule has 0 aliphatic carbocycles. The summed E-state index contributed by atoms with van der Waals surface area (Å²) in [4.78, 5) is 12.7. The molecule has 1 aliphatic heterocycles. The number of anilines is 1. The van der Waals surface area contributed by atoms with Gasteiger partial charge in [0.05, 0.1) is 11.5 Å². The Morgan fingerprint density at radius 3 is 2.39 bits per heavy atom. The Kier molecular flexibility index (Phi) is 6.75. The molecule has 1 N–H and O–H groups in total. The molecule has 10 heteroatoms. The van der Waals surface area contributed by atoms with Gasteiger partial charge in [-0.25, -0.2) is 8.42 Å². The van der Waals surface area contributed by atoms with Crippen molar-refractivity contribution < 1.29 is 22.4 Å². The number of nitrogens with zero attached hydrogens (tertiary/aromatic N) is 3. The smallest absolute Gasteiger partial charge is 0.322 e. The second-order valence-corrected chi connectivity index (χ2v) is 9.87. The van der Waals surface area contributed by atoms with E-state index in [1.807, 2.05) is 6.92 Å². The van der Waals surface area contributed by atoms with Crippen LogP contribution in [0.1, 0.15) is 37.0 Å². The van der Waals surface area contributed by atoms with Crippen LogP contribution in [0.5, 0.6) is 5.75 Å². The molecule has 1 aliphatic rings. The van der Waals surface area contributed by atoms with Crippen LogP contribution >= 0.6 is 0 Å². The predicted octanol–water partition coefficient (Wildman–Crippen LogP) is 3.81. The zero-order valence-electron chi connectivity index (χ0n) is 18.5. The Balaban J connectivity index is 1.41. The zero-order valence-corrected chi connectivity index (χ0v) is 19.3. The van der Waals surface area contributed by atoms with Crippen LogP contribution in [0.2, 0.25) is 0 Å². The number of piperidine rings is 1. The lowest BCUT2D eigenvalue weighted by molar-refractivity contribution is 0.102. The van der Waals surface area contributed by atoms with Crippen LogP contribution in [-0.2, 0) is 10.0 Å². The standard InChI is InChI=1S/C23H26N4O5S/c1-3-31-19-8-4-18(5-9-19)22-25-26-23(32-22)24-21(28)17-6-10-20(11-7-17)33(29,30)27-14-12-16(2)13-15-27/h4-11,16H,3,12-15H2,1-2H3,(H,24,26,28). The first-order valence-corrected chi connectivity index (χ1v) is 12.3. The number of aromatic nitrogens is 2. The van der Waals surface area contributed by atoms with Gasteiger partial charge in [-0.3, -0.25) is 10.1 Å². The highest BCUT2D eigenvalue weighted by molar-refractivity contribution is 7.89. The predicted molar refractivity (Wildman–Crippen MR) is 122 cm³/mol. The number of benzene rings is 2. The molecule has 33 heavy (non-hydrogen) atoms. The lowest BCUT2D eigenvalue weighted by Gasteiger charge is -2.29. The first-order valence-electron chi connectivity index (χ1n) is 10.8. The van der Waals surface area contributed by atoms with Crippen molar-refractivity contribution in [3.05, 3.63) is 54.1 Å². The highest BCUT2D eigenvalue weighted by Crippen LogP contribution is 2.25. The monoisotopic (exact) mass is 470 g/mol. The first-order chi connectivity index (χ1) is 15.9. The number of hydrogen-bond acceptors (Lipinski definition) is 7. The maximum Gasteiger partial charge on any atom is 0.322 e. The number of hydrogen-bond donors (Lipinski definition) is 1. The van der Waals surface area contributed by atoms with E-state index in [1.54, 1.807) is 24.3 Å². The normalized spacial score (nSPS) is 15.3. The molecule has 0 spiro atoms. The van der Waals surface area contributed by atoms with Crippen LogP contribution in [0.25, 0.3) is 11.5 Å². The number of rotatable bonds is 7. The summed E-state index contributed by atoms with van der Waals surface area (Å²) in [5.74, 6) is 1.04. The molecule has 0 radical (unpaired) electrons. The van der Waals surface area contributed by atoms with Gasteiger partial charge in [0, 0.05) is 24.2 Å². The maximum atomic E-state index is 12.8. The Hall–Kier alpha value is -3.24. The molecule has 1 fully saturated rings. The summed E-state index contributed by atoms with van der Waals surface area (Å²) in [6.45, 7) is 5.63. The van der Waals surface area contributed by atoms with E-state index in [0.717, 1.165) is 18.6 Å². The third kappa shape index (κ3) is 5.23. The van der Waals surface area contributed by atoms with E-state index < -0.39 is 15.9 Å². The van der Waals surface area contributed by atoms with Gasteiger partial charge in [0.25, 0.3) is 5.91 Å². The van der Waals surface area contributed by atoms with Gasteiger partial charge in [0.15, 0.2) is 0 Å². The van der Waals surface area contributed by atoms with Gasteiger partial charge in [-0.15, -0.1) is 5.10 Å². The fourth-order valence-electron chi connectivity index (χ4n) is 3.57. The minimum atomic E-state index is -3.57. The van der Waals surface area contributed by atoms with Crippen molar-refractivity contribution in [2.75, 3.05) is 25.0 Å². The molecular weight excluding hydrogens is 444 g/mol. The molecule has 9 nitrogen and oxygen atoms in total. The Labute approximate surface area is 192 Å². The van der Waals surface area contributed by atoms with Gasteiger partial charge in [-0.05, 0) is 74.2 Å². The molecule has 3 aromatic rings. The summed E-state index contributed by atoms with van der Waals surface area (Å²) >= 11 is 0. The highest BCUT2D eigenvalue weighted by atomic mass is 32.2. The van der Waals surface area contributed by atoms with Crippen molar-refractivity contribution in [1.29, 1.82) is 0 Å². The molecule has 0 bridgehead atoms. The fourth-order valence-corrected chi connectivity index (χ4v) is 5.04. The zero-order chi connectivity index (χ0) is 23.4. The van der Waals surface area contributed by atoms with Crippen molar-refractivity contribution >= 4 is 21.9 Å². The number of amides is 1. The summed E-state index contributed by atoms with van der Waals surface area (Å²) in [5, 5.41) is 10.4. The highest BCUT2D eigenvalue weighted by Gasteiger charge is 2.28. The topological polar surface area (TPSA) is 115 Å². The van der Waals surface area contributed by atoms with Crippen molar-refractivity contribution in [3.8, 4) is 17.2 Å². The van der Waals surface area contributed by atoms with Crippen LogP contribution in [-0.4, -0.2) is 48.5 Å². The van der Waals surface area contributed by atoms with Crippen molar-refractivity contribution in [1.82, 2.24) is 14.5 Å². The van der Waals surface area contributed by atoms with Crippen LogP contribution < -0.4 is 10.1 Å². The lowest BCUT2D eigenvalue weighted by atomic mass is 10.0. The third-order valence-electron chi connectivity index (χ3n) is 5.55. The average Bonchev–Trinajstić information content (AvgIpc) is 3.28. The van der Waals surface area contributed by atoms with E-state index in [9.17, 15) is 13.2 Å². The van der Waals surface area contributed by atoms with Crippen LogP contribution in [0.4, 0.5) is 6.01 Å². The SMILES string of the molecule is CCOc1ccc(-c2nnc(NC(=O)c3ccc(S(=O)(=O)N4CCC(C)CC4)cc3)o2)cc1. The van der Waals surface area contributed by atoms with Crippen LogP contribution in [0, 0.1) is 5.92 Å². The van der Waals surface area contributed by atoms with Crippen LogP contribution in [0.15, 0.2) is 57.8 Å². The van der Waals surface area contributed by atoms with Crippen molar-refractivity contribution in [2.45, 2.75) is 31.6 Å². The molecular formula is C23H26N4O5S. The van der Waals surface area contributed by atoms with E-state index in [-0.39, 0.29) is 22.4 Å². The van der Waals surface area contributed by atoms with E-state index in [2.05, 4.69) is 22.4 Å². The van der Waals surface area contributed by atoms with Crippen molar-refractivity contribution in [2.24, 2.45) is 5.92 Å². The summed E-state index contributed by atoms with van der Waals surface area (Å²) in [5.41, 5.74) is 0.968. The Morgan fingerprint density at radius 2 is 1.76 bits per heavy atom. The number of carbonyl (C=O) groups is 1. The van der Waals surface area contributed by atoms with Gasteiger partial charge < -0.3 is 9.15 Å². The molecule has 0 unspecified atom stereocenters. The molecule has 2 heterocycles. The summed E-state index contributed by atoms with van der Waals surface area (Å²) < 4.78 is 38.1. The van der Waals surface area contributed by atoms with Gasteiger partial charge in [-0.1, -0.05) is 12.0 Å². The second kappa shape index (κ2) is 9.72.